The largest absolute Gasteiger partial charge is 0.323 e. The van der Waals surface area contributed by atoms with Crippen LogP contribution in [0.2, 0.25) is 5.02 Å². The van der Waals surface area contributed by atoms with E-state index in [0.717, 1.165) is 22.6 Å². The summed E-state index contributed by atoms with van der Waals surface area (Å²) in [4.78, 5) is 4.45. The predicted octanol–water partition coefficient (Wildman–Crippen LogP) is 4.18. The van der Waals surface area contributed by atoms with Crippen molar-refractivity contribution in [2.45, 2.75) is 6.92 Å². The van der Waals surface area contributed by atoms with E-state index < -0.39 is 0 Å². The second kappa shape index (κ2) is 5.35. The van der Waals surface area contributed by atoms with Crippen molar-refractivity contribution in [3.8, 4) is 11.4 Å². The summed E-state index contributed by atoms with van der Waals surface area (Å²) in [5.74, 6) is 1.28. The Balaban J connectivity index is 1.84. The van der Waals surface area contributed by atoms with E-state index in [1.54, 1.807) is 0 Å². The van der Waals surface area contributed by atoms with Crippen LogP contribution in [-0.2, 0) is 0 Å². The maximum absolute atomic E-state index is 5.85. The van der Waals surface area contributed by atoms with E-state index in [1.165, 1.54) is 0 Å². The summed E-state index contributed by atoms with van der Waals surface area (Å²) < 4.78 is 0. The Bertz CT molecular complexity index is 719. The van der Waals surface area contributed by atoms with Gasteiger partial charge in [-0.15, -0.1) is 5.10 Å². The van der Waals surface area contributed by atoms with Crippen LogP contribution in [0.15, 0.2) is 48.5 Å². The molecule has 0 spiro atoms. The van der Waals surface area contributed by atoms with Gasteiger partial charge in [-0.1, -0.05) is 35.9 Å². The van der Waals surface area contributed by atoms with Crippen LogP contribution < -0.4 is 5.32 Å². The average molecular weight is 285 g/mol. The van der Waals surface area contributed by atoms with Gasteiger partial charge in [0, 0.05) is 16.3 Å². The molecule has 0 saturated carbocycles. The first-order valence-electron chi connectivity index (χ1n) is 6.23. The molecule has 100 valence electrons. The first-order valence-corrected chi connectivity index (χ1v) is 6.61. The van der Waals surface area contributed by atoms with Crippen molar-refractivity contribution in [1.82, 2.24) is 15.2 Å². The monoisotopic (exact) mass is 284 g/mol. The number of hydrogen-bond donors (Lipinski definition) is 2. The molecule has 1 heterocycles. The van der Waals surface area contributed by atoms with Crippen LogP contribution >= 0.6 is 11.6 Å². The molecule has 0 radical (unpaired) electrons. The number of nitrogens with zero attached hydrogens (tertiary/aromatic N) is 2. The molecule has 2 N–H and O–H groups in total. The number of aryl methyl sites for hydroxylation is 1. The maximum atomic E-state index is 5.85. The van der Waals surface area contributed by atoms with E-state index in [0.29, 0.717) is 11.0 Å². The molecule has 2 aromatic carbocycles. The Morgan fingerprint density at radius 2 is 1.80 bits per heavy atom. The fourth-order valence-corrected chi connectivity index (χ4v) is 2.07. The Labute approximate surface area is 121 Å². The van der Waals surface area contributed by atoms with Crippen molar-refractivity contribution in [2.24, 2.45) is 0 Å². The van der Waals surface area contributed by atoms with E-state index in [9.17, 15) is 0 Å². The summed E-state index contributed by atoms with van der Waals surface area (Å²) in [6, 6.07) is 15.4. The lowest BCUT2D eigenvalue weighted by Crippen LogP contribution is -1.92. The van der Waals surface area contributed by atoms with Crippen molar-refractivity contribution in [1.29, 1.82) is 0 Å². The molecule has 0 atom stereocenters. The molecule has 5 heteroatoms. The minimum atomic E-state index is 0.533. The number of nitrogens with one attached hydrogen (secondary N) is 2. The summed E-state index contributed by atoms with van der Waals surface area (Å²) in [7, 11) is 0. The van der Waals surface area contributed by atoms with E-state index in [-0.39, 0.29) is 0 Å². The van der Waals surface area contributed by atoms with Gasteiger partial charge >= 0.3 is 0 Å². The molecule has 0 unspecified atom stereocenters. The van der Waals surface area contributed by atoms with Crippen LogP contribution in [0.4, 0.5) is 11.6 Å². The standard InChI is InChI=1S/C15H13ClN4/c1-10-4-2-3-5-13(10)14-18-15(20-19-14)17-12-8-6-11(16)7-9-12/h2-9H,1H3,(H2,17,18,19,20). The van der Waals surface area contributed by atoms with Crippen molar-refractivity contribution in [3.63, 3.8) is 0 Å². The third kappa shape index (κ3) is 2.65. The third-order valence-corrected chi connectivity index (χ3v) is 3.24. The molecular weight excluding hydrogens is 272 g/mol. The minimum Gasteiger partial charge on any atom is -0.323 e. The van der Waals surface area contributed by atoms with Gasteiger partial charge in [0.25, 0.3) is 0 Å². The van der Waals surface area contributed by atoms with Gasteiger partial charge in [0.2, 0.25) is 5.95 Å². The first kappa shape index (κ1) is 12.7. The fourth-order valence-electron chi connectivity index (χ4n) is 1.94. The third-order valence-electron chi connectivity index (χ3n) is 2.99. The highest BCUT2D eigenvalue weighted by Gasteiger charge is 2.07. The van der Waals surface area contributed by atoms with Crippen LogP contribution in [0, 0.1) is 6.92 Å². The van der Waals surface area contributed by atoms with E-state index in [2.05, 4.69) is 20.5 Å². The van der Waals surface area contributed by atoms with Gasteiger partial charge in [0.05, 0.1) is 0 Å². The summed E-state index contributed by atoms with van der Waals surface area (Å²) in [5, 5.41) is 10.9. The van der Waals surface area contributed by atoms with Crippen LogP contribution in [0.25, 0.3) is 11.4 Å². The SMILES string of the molecule is Cc1ccccc1-c1nc(Nc2ccc(Cl)cc2)n[nH]1. The normalized spacial score (nSPS) is 10.5. The number of hydrogen-bond acceptors (Lipinski definition) is 3. The van der Waals surface area contributed by atoms with Gasteiger partial charge in [0.15, 0.2) is 5.82 Å². The van der Waals surface area contributed by atoms with Gasteiger partial charge in [-0.25, -0.2) is 0 Å². The van der Waals surface area contributed by atoms with Gasteiger partial charge in [-0.2, -0.15) is 4.98 Å². The Kier molecular flexibility index (Phi) is 3.39. The lowest BCUT2D eigenvalue weighted by atomic mass is 10.1. The van der Waals surface area contributed by atoms with Crippen molar-refractivity contribution in [2.75, 3.05) is 5.32 Å². The summed E-state index contributed by atoms with van der Waals surface area (Å²) in [6.45, 7) is 2.05. The highest BCUT2D eigenvalue weighted by atomic mass is 35.5. The summed E-state index contributed by atoms with van der Waals surface area (Å²) in [6.07, 6.45) is 0. The highest BCUT2D eigenvalue weighted by molar-refractivity contribution is 6.30. The second-order valence-electron chi connectivity index (χ2n) is 4.45. The van der Waals surface area contributed by atoms with Crippen LogP contribution in [0.1, 0.15) is 5.56 Å². The molecule has 3 aromatic rings. The summed E-state index contributed by atoms with van der Waals surface area (Å²) >= 11 is 5.85. The molecule has 1 aromatic heterocycles. The zero-order valence-corrected chi connectivity index (χ0v) is 11.6. The molecule has 4 nitrogen and oxygen atoms in total. The zero-order chi connectivity index (χ0) is 13.9. The highest BCUT2D eigenvalue weighted by Crippen LogP contribution is 2.21. The molecule has 0 amide bonds. The topological polar surface area (TPSA) is 53.6 Å². The smallest absolute Gasteiger partial charge is 0.246 e. The van der Waals surface area contributed by atoms with E-state index in [4.69, 9.17) is 11.6 Å². The quantitative estimate of drug-likeness (QED) is 0.759. The number of halogens is 1. The molecule has 0 aliphatic heterocycles. The number of aromatic nitrogens is 3. The number of benzene rings is 2. The molecule has 0 bridgehead atoms. The number of anilines is 2. The number of rotatable bonds is 3. The van der Waals surface area contributed by atoms with E-state index in [1.807, 2.05) is 55.5 Å². The average Bonchev–Trinajstić information content (AvgIpc) is 2.90. The Morgan fingerprint density at radius 1 is 1.05 bits per heavy atom. The van der Waals surface area contributed by atoms with Crippen LogP contribution in [0.5, 0.6) is 0 Å². The van der Waals surface area contributed by atoms with Crippen molar-refractivity contribution in [3.05, 3.63) is 59.1 Å². The molecule has 0 aliphatic rings. The van der Waals surface area contributed by atoms with Gasteiger partial charge in [0.1, 0.15) is 0 Å². The Morgan fingerprint density at radius 3 is 2.55 bits per heavy atom. The molecule has 3 rings (SSSR count). The molecular formula is C15H13ClN4. The minimum absolute atomic E-state index is 0.533. The predicted molar refractivity (Wildman–Crippen MR) is 81.3 cm³/mol. The molecule has 0 aliphatic carbocycles. The number of H-pyrrole nitrogens is 1. The maximum Gasteiger partial charge on any atom is 0.246 e. The van der Waals surface area contributed by atoms with E-state index >= 15 is 0 Å². The fraction of sp³-hybridized carbons (Fsp3) is 0.0667. The lowest BCUT2D eigenvalue weighted by Gasteiger charge is -2.01. The van der Waals surface area contributed by atoms with Crippen LogP contribution in [-0.4, -0.2) is 15.2 Å². The summed E-state index contributed by atoms with van der Waals surface area (Å²) in [5.41, 5.74) is 3.09. The molecule has 0 saturated heterocycles. The number of aromatic amines is 1. The Hall–Kier alpha value is -2.33. The van der Waals surface area contributed by atoms with Crippen LogP contribution in [0.3, 0.4) is 0 Å². The second-order valence-corrected chi connectivity index (χ2v) is 4.89. The van der Waals surface area contributed by atoms with Crippen molar-refractivity contribution < 1.29 is 0 Å². The van der Waals surface area contributed by atoms with Gasteiger partial charge in [-0.3, -0.25) is 5.10 Å². The van der Waals surface area contributed by atoms with Gasteiger partial charge in [-0.05, 0) is 36.8 Å². The van der Waals surface area contributed by atoms with Crippen molar-refractivity contribution >= 4 is 23.2 Å². The molecule has 0 fully saturated rings. The van der Waals surface area contributed by atoms with Gasteiger partial charge < -0.3 is 5.32 Å². The zero-order valence-electron chi connectivity index (χ0n) is 10.9. The molecule has 20 heavy (non-hydrogen) atoms. The lowest BCUT2D eigenvalue weighted by molar-refractivity contribution is 1.10. The first-order chi connectivity index (χ1) is 9.72.